The molecule has 100 valence electrons. The van der Waals surface area contributed by atoms with E-state index in [1.165, 1.54) is 0 Å². The Morgan fingerprint density at radius 2 is 2.28 bits per heavy atom. The van der Waals surface area contributed by atoms with Gasteiger partial charge in [0.05, 0.1) is 12.7 Å². The van der Waals surface area contributed by atoms with Crippen LogP contribution in [0.2, 0.25) is 0 Å². The van der Waals surface area contributed by atoms with E-state index in [0.717, 1.165) is 17.3 Å². The summed E-state index contributed by atoms with van der Waals surface area (Å²) in [4.78, 5) is 12.1. The van der Waals surface area contributed by atoms with Crippen molar-refractivity contribution in [3.05, 3.63) is 28.2 Å². The molecule has 0 radical (unpaired) electrons. The Balaban J connectivity index is 2.83. The highest BCUT2D eigenvalue weighted by atomic mass is 79.9. The Bertz CT molecular complexity index is 410. The van der Waals surface area contributed by atoms with Crippen molar-refractivity contribution in [3.8, 4) is 5.75 Å². The largest absolute Gasteiger partial charge is 0.496 e. The van der Waals surface area contributed by atoms with Crippen LogP contribution in [-0.2, 0) is 0 Å². The first-order valence-corrected chi connectivity index (χ1v) is 6.76. The molecule has 0 aliphatic carbocycles. The van der Waals surface area contributed by atoms with Crippen molar-refractivity contribution < 1.29 is 9.53 Å². The van der Waals surface area contributed by atoms with E-state index in [1.54, 1.807) is 19.2 Å². The third kappa shape index (κ3) is 3.99. The number of nitrogens with two attached hydrogens (primary N) is 1. The number of carbonyl (C=O) groups excluding carboxylic acids is 1. The highest BCUT2D eigenvalue weighted by Crippen LogP contribution is 2.23. The molecule has 4 nitrogen and oxygen atoms in total. The van der Waals surface area contributed by atoms with Gasteiger partial charge in [-0.3, -0.25) is 4.79 Å². The number of hydrogen-bond donors (Lipinski definition) is 2. The van der Waals surface area contributed by atoms with Crippen molar-refractivity contribution >= 4 is 21.8 Å². The van der Waals surface area contributed by atoms with Crippen molar-refractivity contribution in [2.45, 2.75) is 25.8 Å². The van der Waals surface area contributed by atoms with Crippen molar-refractivity contribution in [2.24, 2.45) is 5.73 Å². The summed E-state index contributed by atoms with van der Waals surface area (Å²) in [5, 5.41) is 2.92. The fourth-order valence-corrected chi connectivity index (χ4v) is 2.05. The highest BCUT2D eigenvalue weighted by molar-refractivity contribution is 9.10. The molecule has 1 unspecified atom stereocenters. The van der Waals surface area contributed by atoms with Crippen molar-refractivity contribution in [2.75, 3.05) is 13.7 Å². The van der Waals surface area contributed by atoms with Gasteiger partial charge in [0.25, 0.3) is 5.91 Å². The van der Waals surface area contributed by atoms with E-state index in [-0.39, 0.29) is 11.9 Å². The van der Waals surface area contributed by atoms with E-state index < -0.39 is 0 Å². The zero-order chi connectivity index (χ0) is 13.5. The number of halogens is 1. The van der Waals surface area contributed by atoms with Crippen LogP contribution < -0.4 is 15.8 Å². The molecule has 18 heavy (non-hydrogen) atoms. The standard InChI is InChI=1S/C13H19BrN2O2/c1-3-4-10(8-15)16-13(17)11-6-5-9(14)7-12(11)18-2/h5-7,10H,3-4,8,15H2,1-2H3,(H,16,17). The molecule has 0 aliphatic rings. The summed E-state index contributed by atoms with van der Waals surface area (Å²) < 4.78 is 6.08. The minimum absolute atomic E-state index is 0.0100. The van der Waals surface area contributed by atoms with Crippen LogP contribution in [0.15, 0.2) is 22.7 Å². The first kappa shape index (κ1) is 15.0. The summed E-state index contributed by atoms with van der Waals surface area (Å²) in [6.45, 7) is 2.51. The third-order valence-corrected chi connectivity index (χ3v) is 3.16. The summed E-state index contributed by atoms with van der Waals surface area (Å²) in [7, 11) is 1.55. The van der Waals surface area contributed by atoms with E-state index in [1.807, 2.05) is 6.07 Å². The van der Waals surface area contributed by atoms with Gasteiger partial charge in [0.2, 0.25) is 0 Å². The summed E-state index contributed by atoms with van der Waals surface area (Å²) in [5.41, 5.74) is 6.15. The fourth-order valence-electron chi connectivity index (χ4n) is 1.71. The molecular weight excluding hydrogens is 296 g/mol. The average Bonchev–Trinajstić information content (AvgIpc) is 2.37. The molecule has 1 rings (SSSR count). The number of rotatable bonds is 6. The molecule has 3 N–H and O–H groups in total. The van der Waals surface area contributed by atoms with Crippen LogP contribution in [0.5, 0.6) is 5.75 Å². The fraction of sp³-hybridized carbons (Fsp3) is 0.462. The Morgan fingerprint density at radius 1 is 1.56 bits per heavy atom. The van der Waals surface area contributed by atoms with Gasteiger partial charge in [-0.1, -0.05) is 29.3 Å². The minimum Gasteiger partial charge on any atom is -0.496 e. The molecular formula is C13H19BrN2O2. The number of amides is 1. The van der Waals surface area contributed by atoms with Gasteiger partial charge >= 0.3 is 0 Å². The molecule has 0 bridgehead atoms. The minimum atomic E-state index is -0.150. The van der Waals surface area contributed by atoms with Gasteiger partial charge in [-0.25, -0.2) is 0 Å². The Hall–Kier alpha value is -1.07. The van der Waals surface area contributed by atoms with Gasteiger partial charge in [0, 0.05) is 17.1 Å². The molecule has 0 saturated carbocycles. The number of hydrogen-bond acceptors (Lipinski definition) is 3. The Labute approximate surface area is 116 Å². The average molecular weight is 315 g/mol. The van der Waals surface area contributed by atoms with Gasteiger partial charge < -0.3 is 15.8 Å². The van der Waals surface area contributed by atoms with E-state index in [9.17, 15) is 4.79 Å². The van der Waals surface area contributed by atoms with Crippen LogP contribution in [0.3, 0.4) is 0 Å². The first-order valence-electron chi connectivity index (χ1n) is 5.96. The van der Waals surface area contributed by atoms with Crippen LogP contribution in [0.25, 0.3) is 0 Å². The second kappa shape index (κ2) is 7.38. The lowest BCUT2D eigenvalue weighted by Crippen LogP contribution is -2.40. The molecule has 1 amide bonds. The quantitative estimate of drug-likeness (QED) is 0.847. The molecule has 0 aromatic heterocycles. The molecule has 5 heteroatoms. The van der Waals surface area contributed by atoms with E-state index >= 15 is 0 Å². The van der Waals surface area contributed by atoms with Gasteiger partial charge in [-0.05, 0) is 24.6 Å². The van der Waals surface area contributed by atoms with Crippen molar-refractivity contribution in [1.29, 1.82) is 0 Å². The third-order valence-electron chi connectivity index (χ3n) is 2.67. The number of benzene rings is 1. The summed E-state index contributed by atoms with van der Waals surface area (Å²) in [6.07, 6.45) is 1.86. The molecule has 1 aromatic carbocycles. The Kier molecular flexibility index (Phi) is 6.15. The maximum atomic E-state index is 12.1. The van der Waals surface area contributed by atoms with E-state index in [4.69, 9.17) is 10.5 Å². The van der Waals surface area contributed by atoms with Gasteiger partial charge in [0.1, 0.15) is 5.75 Å². The highest BCUT2D eigenvalue weighted by Gasteiger charge is 2.15. The predicted octanol–water partition coefficient (Wildman–Crippen LogP) is 2.31. The summed E-state index contributed by atoms with van der Waals surface area (Å²) >= 11 is 3.34. The number of carbonyl (C=O) groups is 1. The van der Waals surface area contributed by atoms with Crippen LogP contribution in [-0.4, -0.2) is 25.6 Å². The lowest BCUT2D eigenvalue weighted by molar-refractivity contribution is 0.0933. The van der Waals surface area contributed by atoms with Gasteiger partial charge in [-0.2, -0.15) is 0 Å². The first-order chi connectivity index (χ1) is 8.62. The van der Waals surface area contributed by atoms with Crippen molar-refractivity contribution in [3.63, 3.8) is 0 Å². The zero-order valence-electron chi connectivity index (χ0n) is 10.7. The molecule has 0 saturated heterocycles. The smallest absolute Gasteiger partial charge is 0.255 e. The maximum absolute atomic E-state index is 12.1. The normalized spacial score (nSPS) is 12.0. The van der Waals surface area contributed by atoms with E-state index in [2.05, 4.69) is 28.2 Å². The van der Waals surface area contributed by atoms with Gasteiger partial charge in [-0.15, -0.1) is 0 Å². The topological polar surface area (TPSA) is 64.3 Å². The second-order valence-corrected chi connectivity index (χ2v) is 4.96. The molecule has 0 spiro atoms. The number of nitrogens with one attached hydrogen (secondary N) is 1. The van der Waals surface area contributed by atoms with Crippen LogP contribution in [0.1, 0.15) is 30.1 Å². The van der Waals surface area contributed by atoms with E-state index in [0.29, 0.717) is 17.9 Å². The van der Waals surface area contributed by atoms with Crippen LogP contribution >= 0.6 is 15.9 Å². The molecule has 0 aliphatic heterocycles. The van der Waals surface area contributed by atoms with Gasteiger partial charge in [0.15, 0.2) is 0 Å². The summed E-state index contributed by atoms with van der Waals surface area (Å²) in [6, 6.07) is 5.33. The van der Waals surface area contributed by atoms with Crippen LogP contribution in [0.4, 0.5) is 0 Å². The maximum Gasteiger partial charge on any atom is 0.255 e. The number of ether oxygens (including phenoxy) is 1. The van der Waals surface area contributed by atoms with Crippen molar-refractivity contribution in [1.82, 2.24) is 5.32 Å². The van der Waals surface area contributed by atoms with Crippen LogP contribution in [0, 0.1) is 0 Å². The molecule has 1 atom stereocenters. The number of methoxy groups -OCH3 is 1. The SMILES string of the molecule is CCCC(CN)NC(=O)c1ccc(Br)cc1OC. The lowest BCUT2D eigenvalue weighted by Gasteiger charge is -2.17. The molecule has 1 aromatic rings. The molecule has 0 heterocycles. The monoisotopic (exact) mass is 314 g/mol. The lowest BCUT2D eigenvalue weighted by atomic mass is 10.1. The molecule has 0 fully saturated rings. The Morgan fingerprint density at radius 3 is 2.83 bits per heavy atom. The second-order valence-electron chi connectivity index (χ2n) is 4.04. The zero-order valence-corrected chi connectivity index (χ0v) is 12.3. The predicted molar refractivity (Wildman–Crippen MR) is 75.9 cm³/mol. The summed E-state index contributed by atoms with van der Waals surface area (Å²) in [5.74, 6) is 0.400.